The van der Waals surface area contributed by atoms with Gasteiger partial charge in [0.25, 0.3) is 0 Å². The van der Waals surface area contributed by atoms with E-state index in [1.807, 2.05) is 25.1 Å². The van der Waals surface area contributed by atoms with E-state index < -0.39 is 5.82 Å². The van der Waals surface area contributed by atoms with E-state index in [2.05, 4.69) is 0 Å². The molecule has 2 aromatic rings. The molecule has 100 valence electrons. The first-order valence-electron chi connectivity index (χ1n) is 5.93. The molecule has 0 aliphatic carbocycles. The van der Waals surface area contributed by atoms with Crippen molar-refractivity contribution in [3.05, 3.63) is 69.0 Å². The van der Waals surface area contributed by atoms with Crippen molar-refractivity contribution in [1.29, 1.82) is 0 Å². The molecule has 2 rings (SSSR count). The summed E-state index contributed by atoms with van der Waals surface area (Å²) in [6.07, 6.45) is 0.537. The van der Waals surface area contributed by atoms with Crippen molar-refractivity contribution in [2.45, 2.75) is 19.4 Å². The molecule has 1 unspecified atom stereocenters. The fourth-order valence-electron chi connectivity index (χ4n) is 2.04. The van der Waals surface area contributed by atoms with Gasteiger partial charge in [0.15, 0.2) is 0 Å². The maximum atomic E-state index is 13.4. The second kappa shape index (κ2) is 5.91. The normalized spacial score (nSPS) is 12.5. The average molecular weight is 298 g/mol. The Morgan fingerprint density at radius 1 is 1.16 bits per heavy atom. The van der Waals surface area contributed by atoms with Crippen LogP contribution in [0.25, 0.3) is 0 Å². The summed E-state index contributed by atoms with van der Waals surface area (Å²) in [6.45, 7) is 1.98. The minimum absolute atomic E-state index is 0.122. The van der Waals surface area contributed by atoms with Crippen LogP contribution in [0.2, 0.25) is 10.0 Å². The SMILES string of the molecule is Cc1ccc(Cl)cc1C(N)Cc1ccc(Cl)c(F)c1. The summed E-state index contributed by atoms with van der Waals surface area (Å²) in [6, 6.07) is 10.1. The first kappa shape index (κ1) is 14.3. The number of rotatable bonds is 3. The van der Waals surface area contributed by atoms with Crippen LogP contribution in [0.3, 0.4) is 0 Å². The summed E-state index contributed by atoms with van der Waals surface area (Å²) < 4.78 is 13.4. The topological polar surface area (TPSA) is 26.0 Å². The van der Waals surface area contributed by atoms with Crippen molar-refractivity contribution in [3.8, 4) is 0 Å². The summed E-state index contributed by atoms with van der Waals surface area (Å²) >= 11 is 11.6. The van der Waals surface area contributed by atoms with Gasteiger partial charge in [0.1, 0.15) is 5.82 Å². The average Bonchev–Trinajstić information content (AvgIpc) is 2.36. The molecule has 0 fully saturated rings. The van der Waals surface area contributed by atoms with E-state index in [4.69, 9.17) is 28.9 Å². The number of hydrogen-bond donors (Lipinski definition) is 1. The third-order valence-electron chi connectivity index (χ3n) is 3.08. The molecule has 0 aromatic heterocycles. The first-order valence-corrected chi connectivity index (χ1v) is 6.68. The van der Waals surface area contributed by atoms with E-state index in [-0.39, 0.29) is 11.1 Å². The maximum Gasteiger partial charge on any atom is 0.142 e. The lowest BCUT2D eigenvalue weighted by Crippen LogP contribution is -2.14. The fraction of sp³-hybridized carbons (Fsp3) is 0.200. The van der Waals surface area contributed by atoms with Crippen LogP contribution in [-0.2, 0) is 6.42 Å². The molecular weight excluding hydrogens is 284 g/mol. The molecule has 2 N–H and O–H groups in total. The lowest BCUT2D eigenvalue weighted by atomic mass is 9.96. The quantitative estimate of drug-likeness (QED) is 0.874. The highest BCUT2D eigenvalue weighted by molar-refractivity contribution is 6.31. The van der Waals surface area contributed by atoms with Crippen molar-refractivity contribution in [2.75, 3.05) is 0 Å². The highest BCUT2D eigenvalue weighted by Gasteiger charge is 2.11. The summed E-state index contributed by atoms with van der Waals surface area (Å²) in [5.74, 6) is -0.422. The highest BCUT2D eigenvalue weighted by atomic mass is 35.5. The molecule has 0 saturated carbocycles. The molecule has 0 bridgehead atoms. The zero-order chi connectivity index (χ0) is 14.0. The molecule has 19 heavy (non-hydrogen) atoms. The van der Waals surface area contributed by atoms with Crippen molar-refractivity contribution in [3.63, 3.8) is 0 Å². The van der Waals surface area contributed by atoms with Crippen molar-refractivity contribution in [2.24, 2.45) is 5.73 Å². The Balaban J connectivity index is 2.22. The third-order valence-corrected chi connectivity index (χ3v) is 3.62. The Labute approximate surface area is 122 Å². The molecule has 0 amide bonds. The summed E-state index contributed by atoms with van der Waals surface area (Å²) in [4.78, 5) is 0. The van der Waals surface area contributed by atoms with Crippen LogP contribution in [0.1, 0.15) is 22.7 Å². The Bertz CT molecular complexity index is 599. The van der Waals surface area contributed by atoms with Gasteiger partial charge in [-0.25, -0.2) is 4.39 Å². The van der Waals surface area contributed by atoms with E-state index >= 15 is 0 Å². The zero-order valence-electron chi connectivity index (χ0n) is 10.5. The molecule has 2 aromatic carbocycles. The van der Waals surface area contributed by atoms with Gasteiger partial charge in [-0.3, -0.25) is 0 Å². The third kappa shape index (κ3) is 3.47. The summed E-state index contributed by atoms with van der Waals surface area (Å²) in [7, 11) is 0. The number of halogens is 3. The minimum Gasteiger partial charge on any atom is -0.324 e. The van der Waals surface area contributed by atoms with Crippen molar-refractivity contribution >= 4 is 23.2 Å². The second-order valence-electron chi connectivity index (χ2n) is 4.56. The van der Waals surface area contributed by atoms with E-state index in [1.165, 1.54) is 6.07 Å². The van der Waals surface area contributed by atoms with Crippen LogP contribution >= 0.6 is 23.2 Å². The Kier molecular flexibility index (Phi) is 4.46. The Morgan fingerprint density at radius 2 is 1.89 bits per heavy atom. The van der Waals surface area contributed by atoms with E-state index in [0.29, 0.717) is 11.4 Å². The molecule has 1 atom stereocenters. The van der Waals surface area contributed by atoms with Gasteiger partial charge in [-0.15, -0.1) is 0 Å². The summed E-state index contributed by atoms with van der Waals surface area (Å²) in [5, 5.41) is 0.773. The van der Waals surface area contributed by atoms with Gasteiger partial charge >= 0.3 is 0 Å². The zero-order valence-corrected chi connectivity index (χ0v) is 12.0. The smallest absolute Gasteiger partial charge is 0.142 e. The number of hydrogen-bond acceptors (Lipinski definition) is 1. The van der Waals surface area contributed by atoms with E-state index in [1.54, 1.807) is 12.1 Å². The Morgan fingerprint density at radius 3 is 2.58 bits per heavy atom. The molecule has 1 nitrogen and oxygen atoms in total. The van der Waals surface area contributed by atoms with Gasteiger partial charge in [-0.2, -0.15) is 0 Å². The molecule has 0 aliphatic heterocycles. The summed E-state index contributed by atoms with van der Waals surface area (Å²) in [5.41, 5.74) is 9.03. The lowest BCUT2D eigenvalue weighted by molar-refractivity contribution is 0.622. The monoisotopic (exact) mass is 297 g/mol. The van der Waals surface area contributed by atoms with Crippen LogP contribution < -0.4 is 5.73 Å². The minimum atomic E-state index is -0.422. The van der Waals surface area contributed by atoms with Crippen LogP contribution in [0.5, 0.6) is 0 Å². The van der Waals surface area contributed by atoms with Crippen LogP contribution in [0.4, 0.5) is 4.39 Å². The standard InChI is InChI=1S/C15H14Cl2FN/c1-9-2-4-11(16)8-12(9)15(19)7-10-3-5-13(17)14(18)6-10/h2-6,8,15H,7,19H2,1H3. The van der Waals surface area contributed by atoms with Gasteiger partial charge < -0.3 is 5.73 Å². The highest BCUT2D eigenvalue weighted by Crippen LogP contribution is 2.24. The number of nitrogens with two attached hydrogens (primary N) is 1. The number of aryl methyl sites for hydroxylation is 1. The molecule has 0 spiro atoms. The first-order chi connectivity index (χ1) is 8.97. The Hall–Kier alpha value is -1.09. The largest absolute Gasteiger partial charge is 0.324 e. The predicted molar refractivity (Wildman–Crippen MR) is 78.2 cm³/mol. The van der Waals surface area contributed by atoms with Crippen molar-refractivity contribution in [1.82, 2.24) is 0 Å². The molecule has 0 heterocycles. The molecule has 0 radical (unpaired) electrons. The molecular formula is C15H14Cl2FN. The second-order valence-corrected chi connectivity index (χ2v) is 5.40. The van der Waals surface area contributed by atoms with Gasteiger partial charge in [-0.05, 0) is 54.3 Å². The van der Waals surface area contributed by atoms with E-state index in [0.717, 1.165) is 16.7 Å². The maximum absolute atomic E-state index is 13.4. The van der Waals surface area contributed by atoms with Crippen molar-refractivity contribution < 1.29 is 4.39 Å². The molecule has 0 saturated heterocycles. The molecule has 4 heteroatoms. The van der Waals surface area contributed by atoms with Gasteiger partial charge in [-0.1, -0.05) is 35.3 Å². The lowest BCUT2D eigenvalue weighted by Gasteiger charge is -2.15. The fourth-order valence-corrected chi connectivity index (χ4v) is 2.34. The number of benzene rings is 2. The van der Waals surface area contributed by atoms with Gasteiger partial charge in [0.2, 0.25) is 0 Å². The van der Waals surface area contributed by atoms with Crippen LogP contribution in [0, 0.1) is 12.7 Å². The van der Waals surface area contributed by atoms with Gasteiger partial charge in [0, 0.05) is 11.1 Å². The van der Waals surface area contributed by atoms with Gasteiger partial charge in [0.05, 0.1) is 5.02 Å². The van der Waals surface area contributed by atoms with E-state index in [9.17, 15) is 4.39 Å². The molecule has 0 aliphatic rings. The van der Waals surface area contributed by atoms with Crippen LogP contribution in [0.15, 0.2) is 36.4 Å². The predicted octanol–water partition coefficient (Wildman–Crippen LogP) is 4.68. The van der Waals surface area contributed by atoms with Crippen LogP contribution in [-0.4, -0.2) is 0 Å².